The average molecular weight is 609 g/mol. The van der Waals surface area contributed by atoms with Crippen molar-refractivity contribution in [2.24, 2.45) is 18.7 Å². The number of hydrogen-bond acceptors (Lipinski definition) is 7. The van der Waals surface area contributed by atoms with Crippen LogP contribution in [-0.2, 0) is 23.5 Å². The Morgan fingerprint density at radius 1 is 1.29 bits per heavy atom. The fraction of sp³-hybridized carbons (Fsp3) is 0.276. The maximum atomic E-state index is 13.9. The molecular weight excluding hydrogens is 586 g/mol. The van der Waals surface area contributed by atoms with Gasteiger partial charge in [-0.3, -0.25) is 9.40 Å². The predicted octanol–water partition coefficient (Wildman–Crippen LogP) is 3.80. The van der Waals surface area contributed by atoms with Gasteiger partial charge in [-0.15, -0.1) is 0 Å². The van der Waals surface area contributed by atoms with Gasteiger partial charge in [0.2, 0.25) is 10.0 Å². The summed E-state index contributed by atoms with van der Waals surface area (Å²) in [6, 6.07) is 13.4. The summed E-state index contributed by atoms with van der Waals surface area (Å²) in [5.41, 5.74) is 7.18. The van der Waals surface area contributed by atoms with Crippen molar-refractivity contribution in [2.75, 3.05) is 11.0 Å². The Balaban J connectivity index is 1.65. The number of anilines is 1. The summed E-state index contributed by atoms with van der Waals surface area (Å²) in [6.07, 6.45) is 1.41. The lowest BCUT2D eigenvalue weighted by molar-refractivity contribution is -0.00239. The van der Waals surface area contributed by atoms with Gasteiger partial charge < -0.3 is 10.8 Å². The average Bonchev–Trinajstić information content (AvgIpc) is 3.20. The lowest BCUT2D eigenvalue weighted by atomic mass is 9.72. The zero-order valence-electron chi connectivity index (χ0n) is 22.3. The van der Waals surface area contributed by atoms with Crippen LogP contribution in [0.5, 0.6) is 0 Å². The molecule has 4 aromatic rings. The van der Waals surface area contributed by atoms with Crippen LogP contribution < -0.4 is 10.5 Å². The lowest BCUT2D eigenvalue weighted by Crippen LogP contribution is -2.41. The standard InChI is InChI=1S/C29H23ClF2N6O3S/c1-38-27-22(5-6-23(30)25(27)28(36-38)37-42(2,40)41)21-4-3-20(7-8-29(39)13-17(14-29)15-33)35-26(21)24(34)11-16-9-18(31)12-19(32)10-16/h5-6,9-10,12,17,24,39H,11,13-14,34H2,1-2H3,(H,36,37)/t17?,24-,29?/m0/s1. The summed E-state index contributed by atoms with van der Waals surface area (Å²) in [5.74, 6) is 3.75. The number of halogens is 3. The van der Waals surface area contributed by atoms with Gasteiger partial charge in [-0.1, -0.05) is 23.6 Å². The number of benzene rings is 2. The van der Waals surface area contributed by atoms with Crippen molar-refractivity contribution in [2.45, 2.75) is 30.9 Å². The molecule has 0 bridgehead atoms. The van der Waals surface area contributed by atoms with Gasteiger partial charge in [-0.25, -0.2) is 22.2 Å². The van der Waals surface area contributed by atoms with Crippen molar-refractivity contribution in [1.29, 1.82) is 5.26 Å². The Kier molecular flexibility index (Phi) is 7.57. The van der Waals surface area contributed by atoms with E-state index in [4.69, 9.17) is 22.6 Å². The second-order valence-corrected chi connectivity index (χ2v) is 12.4. The second-order valence-electron chi connectivity index (χ2n) is 10.2. The van der Waals surface area contributed by atoms with Gasteiger partial charge >= 0.3 is 0 Å². The number of nitriles is 1. The Labute approximate surface area is 246 Å². The molecule has 2 aromatic carbocycles. The summed E-state index contributed by atoms with van der Waals surface area (Å²) in [6.45, 7) is 0. The molecular formula is C29H23ClF2N6O3S. The van der Waals surface area contributed by atoms with Gasteiger partial charge in [0.05, 0.1) is 51.5 Å². The van der Waals surface area contributed by atoms with Crippen LogP contribution in [0.2, 0.25) is 5.02 Å². The van der Waals surface area contributed by atoms with E-state index < -0.39 is 33.3 Å². The molecule has 0 unspecified atom stereocenters. The highest BCUT2D eigenvalue weighted by Gasteiger charge is 2.41. The molecule has 1 aliphatic rings. The van der Waals surface area contributed by atoms with Crippen LogP contribution in [0.25, 0.3) is 22.0 Å². The molecule has 1 fully saturated rings. The first-order valence-electron chi connectivity index (χ1n) is 12.6. The highest BCUT2D eigenvalue weighted by molar-refractivity contribution is 7.92. The van der Waals surface area contributed by atoms with E-state index in [2.05, 4.69) is 44.8 Å². The van der Waals surface area contributed by atoms with Crippen molar-refractivity contribution >= 4 is 38.3 Å². The van der Waals surface area contributed by atoms with Crippen molar-refractivity contribution in [3.8, 4) is 29.0 Å². The number of nitrogens with two attached hydrogens (primary N) is 1. The highest BCUT2D eigenvalue weighted by Crippen LogP contribution is 2.39. The normalized spacial score (nSPS) is 18.8. The van der Waals surface area contributed by atoms with E-state index in [9.17, 15) is 22.3 Å². The molecule has 0 radical (unpaired) electrons. The van der Waals surface area contributed by atoms with Crippen LogP contribution in [0, 0.1) is 52.9 Å². The molecule has 5 rings (SSSR count). The molecule has 0 amide bonds. The van der Waals surface area contributed by atoms with Crippen molar-refractivity contribution in [3.63, 3.8) is 0 Å². The minimum atomic E-state index is -3.69. The maximum absolute atomic E-state index is 13.9. The first kappa shape index (κ1) is 29.2. The number of aliphatic hydroxyl groups is 1. The molecule has 214 valence electrons. The monoisotopic (exact) mass is 608 g/mol. The summed E-state index contributed by atoms with van der Waals surface area (Å²) in [5, 5.41) is 24.4. The molecule has 42 heavy (non-hydrogen) atoms. The number of nitrogens with one attached hydrogen (secondary N) is 1. The van der Waals surface area contributed by atoms with Crippen molar-refractivity contribution in [1.82, 2.24) is 14.8 Å². The van der Waals surface area contributed by atoms with E-state index in [1.165, 1.54) is 16.8 Å². The zero-order valence-corrected chi connectivity index (χ0v) is 23.9. The lowest BCUT2D eigenvalue weighted by Gasteiger charge is -2.35. The molecule has 0 spiro atoms. The van der Waals surface area contributed by atoms with Crippen LogP contribution in [0.15, 0.2) is 30.3 Å². The van der Waals surface area contributed by atoms with Gasteiger partial charge in [0.15, 0.2) is 11.5 Å². The molecule has 1 aliphatic carbocycles. The molecule has 1 atom stereocenters. The van der Waals surface area contributed by atoms with E-state index in [0.29, 0.717) is 27.6 Å². The van der Waals surface area contributed by atoms with Gasteiger partial charge in [-0.05, 0) is 48.2 Å². The number of sulfonamides is 1. The Morgan fingerprint density at radius 2 is 1.98 bits per heavy atom. The molecule has 0 saturated heterocycles. The largest absolute Gasteiger partial charge is 0.378 e. The van der Waals surface area contributed by atoms with Crippen molar-refractivity contribution < 1.29 is 22.3 Å². The molecule has 0 aliphatic heterocycles. The van der Waals surface area contributed by atoms with Crippen LogP contribution in [0.1, 0.15) is 35.8 Å². The van der Waals surface area contributed by atoms with Gasteiger partial charge in [0.25, 0.3) is 0 Å². The van der Waals surface area contributed by atoms with E-state index in [0.717, 1.165) is 12.3 Å². The quantitative estimate of drug-likeness (QED) is 0.282. The van der Waals surface area contributed by atoms with Crippen molar-refractivity contribution in [3.05, 3.63) is 76.1 Å². The molecule has 2 aromatic heterocycles. The third-order valence-electron chi connectivity index (χ3n) is 6.78. The van der Waals surface area contributed by atoms with E-state index in [1.807, 2.05) is 0 Å². The van der Waals surface area contributed by atoms with Gasteiger partial charge in [0.1, 0.15) is 17.2 Å². The number of aryl methyl sites for hydroxylation is 1. The highest BCUT2D eigenvalue weighted by atomic mass is 35.5. The molecule has 1 saturated carbocycles. The molecule has 13 heteroatoms. The second kappa shape index (κ2) is 10.9. The van der Waals surface area contributed by atoms with Gasteiger partial charge in [-0.2, -0.15) is 10.4 Å². The predicted molar refractivity (Wildman–Crippen MR) is 152 cm³/mol. The zero-order chi connectivity index (χ0) is 30.4. The molecule has 2 heterocycles. The Morgan fingerprint density at radius 3 is 2.62 bits per heavy atom. The van der Waals surface area contributed by atoms with E-state index in [-0.39, 0.29) is 47.4 Å². The SMILES string of the molecule is Cn1nc(NS(C)(=O)=O)c2c(Cl)ccc(-c3c#cc(C#CC4(O)CC(C#N)C4)nc3[C@@H](N)Cc3cc(F)cc(F)c3)c21. The summed E-state index contributed by atoms with van der Waals surface area (Å²) in [7, 11) is -2.08. The van der Waals surface area contributed by atoms with E-state index in [1.54, 1.807) is 19.2 Å². The summed E-state index contributed by atoms with van der Waals surface area (Å²) in [4.78, 5) is 4.59. The topological polar surface area (TPSA) is 147 Å². The summed E-state index contributed by atoms with van der Waals surface area (Å²) < 4.78 is 55.6. The fourth-order valence-electron chi connectivity index (χ4n) is 4.95. The minimum absolute atomic E-state index is 0.00378. The third kappa shape index (κ3) is 6.01. The van der Waals surface area contributed by atoms with Crippen LogP contribution in [0.3, 0.4) is 0 Å². The van der Waals surface area contributed by atoms with Crippen LogP contribution in [0.4, 0.5) is 14.6 Å². The number of hydrogen-bond donors (Lipinski definition) is 3. The fourth-order valence-corrected chi connectivity index (χ4v) is 5.69. The molecule has 9 nitrogen and oxygen atoms in total. The van der Waals surface area contributed by atoms with E-state index >= 15 is 0 Å². The minimum Gasteiger partial charge on any atom is -0.378 e. The number of nitrogens with zero attached hydrogens (tertiary/aromatic N) is 4. The van der Waals surface area contributed by atoms with Crippen LogP contribution in [-0.4, -0.2) is 40.1 Å². The third-order valence-corrected chi connectivity index (χ3v) is 7.66. The Bertz CT molecular complexity index is 1920. The first-order chi connectivity index (χ1) is 19.7. The number of fused-ring (bicyclic) bond motifs is 1. The number of rotatable bonds is 6. The summed E-state index contributed by atoms with van der Waals surface area (Å²) >= 11 is 6.47. The van der Waals surface area contributed by atoms with Gasteiger partial charge in [0, 0.05) is 31.5 Å². The maximum Gasteiger partial charge on any atom is 0.231 e. The molecule has 4 N–H and O–H groups in total. The Hall–Kier alpha value is -4.25. The van der Waals surface area contributed by atoms with Crippen LogP contribution >= 0.6 is 11.6 Å². The first-order valence-corrected chi connectivity index (χ1v) is 14.9. The smallest absolute Gasteiger partial charge is 0.231 e. The number of aromatic nitrogens is 3.